The summed E-state index contributed by atoms with van der Waals surface area (Å²) in [6.07, 6.45) is 3.40. The van der Waals surface area contributed by atoms with Crippen LogP contribution in [-0.2, 0) is 6.61 Å². The molecule has 2 N–H and O–H groups in total. The second-order valence-corrected chi connectivity index (χ2v) is 8.94. The Balaban J connectivity index is 1.45. The van der Waals surface area contributed by atoms with E-state index in [1.54, 1.807) is 24.4 Å². The number of fused-ring (bicyclic) bond motifs is 1. The van der Waals surface area contributed by atoms with Crippen LogP contribution in [-0.4, -0.2) is 63.8 Å². The standard InChI is InChI=1S/C23H23ClN4O3S/c1-27(23(31)21-9-15(13-30)14-32-21)17-4-6-28(7-5-17)22-12-25-19-11-18(24)16(3-2-8-29)10-20(19)26-22/h9-12,14,17,29-30H,4-8,13H2,1H3. The number of nitrogens with zero attached hydrogens (tertiary/aromatic N) is 4. The summed E-state index contributed by atoms with van der Waals surface area (Å²) in [4.78, 5) is 26.7. The minimum Gasteiger partial charge on any atom is -0.392 e. The van der Waals surface area contributed by atoms with Gasteiger partial charge in [-0.15, -0.1) is 11.3 Å². The van der Waals surface area contributed by atoms with Crippen molar-refractivity contribution in [2.75, 3.05) is 31.6 Å². The molecule has 1 aliphatic heterocycles. The van der Waals surface area contributed by atoms with E-state index in [4.69, 9.17) is 21.7 Å². The molecule has 32 heavy (non-hydrogen) atoms. The van der Waals surface area contributed by atoms with Crippen LogP contribution in [0.4, 0.5) is 5.82 Å². The number of piperidine rings is 1. The maximum atomic E-state index is 12.8. The Kier molecular flexibility index (Phi) is 6.92. The Bertz CT molecular complexity index is 1190. The number of anilines is 1. The Labute approximate surface area is 195 Å². The van der Waals surface area contributed by atoms with Crippen LogP contribution in [0.1, 0.15) is 33.6 Å². The lowest BCUT2D eigenvalue weighted by molar-refractivity contribution is 0.0714. The molecule has 3 heterocycles. The van der Waals surface area contributed by atoms with Crippen molar-refractivity contribution >= 4 is 45.7 Å². The SMILES string of the molecule is CN(C(=O)c1cc(CO)cs1)C1CCN(c2cnc3cc(Cl)c(C#CCO)cc3n2)CC1. The van der Waals surface area contributed by atoms with Gasteiger partial charge in [-0.3, -0.25) is 9.78 Å². The smallest absolute Gasteiger partial charge is 0.263 e. The van der Waals surface area contributed by atoms with Crippen LogP contribution in [0, 0.1) is 11.8 Å². The van der Waals surface area contributed by atoms with E-state index in [0.717, 1.165) is 37.3 Å². The van der Waals surface area contributed by atoms with E-state index in [9.17, 15) is 9.90 Å². The molecule has 4 rings (SSSR count). The monoisotopic (exact) mass is 470 g/mol. The second kappa shape index (κ2) is 9.84. The van der Waals surface area contributed by atoms with Crippen LogP contribution in [0.3, 0.4) is 0 Å². The third-order valence-corrected chi connectivity index (χ3v) is 6.90. The van der Waals surface area contributed by atoms with Gasteiger partial charge in [0.25, 0.3) is 5.91 Å². The predicted octanol–water partition coefficient (Wildman–Crippen LogP) is 2.92. The van der Waals surface area contributed by atoms with Crippen molar-refractivity contribution in [3.05, 3.63) is 50.8 Å². The Morgan fingerprint density at radius 3 is 2.75 bits per heavy atom. The number of aromatic nitrogens is 2. The fourth-order valence-corrected chi connectivity index (χ4v) is 4.89. The highest BCUT2D eigenvalue weighted by Gasteiger charge is 2.27. The molecule has 0 unspecified atom stereocenters. The average molecular weight is 471 g/mol. The Hall–Kier alpha value is -2.70. The molecule has 7 nitrogen and oxygen atoms in total. The number of carbonyl (C=O) groups is 1. The number of hydrogen-bond acceptors (Lipinski definition) is 7. The van der Waals surface area contributed by atoms with Gasteiger partial charge in [0.05, 0.1) is 33.7 Å². The van der Waals surface area contributed by atoms with Crippen LogP contribution in [0.5, 0.6) is 0 Å². The van der Waals surface area contributed by atoms with Crippen molar-refractivity contribution in [3.63, 3.8) is 0 Å². The normalized spacial score (nSPS) is 14.3. The quantitative estimate of drug-likeness (QED) is 0.570. The summed E-state index contributed by atoms with van der Waals surface area (Å²) in [5.74, 6) is 6.21. The van der Waals surface area contributed by atoms with Gasteiger partial charge in [-0.1, -0.05) is 23.4 Å². The lowest BCUT2D eigenvalue weighted by Crippen LogP contribution is -2.45. The molecule has 166 valence electrons. The van der Waals surface area contributed by atoms with Crippen LogP contribution in [0.2, 0.25) is 5.02 Å². The third kappa shape index (κ3) is 4.71. The molecule has 0 radical (unpaired) electrons. The van der Waals surface area contributed by atoms with Gasteiger partial charge in [-0.25, -0.2) is 4.98 Å². The summed E-state index contributed by atoms with van der Waals surface area (Å²) in [7, 11) is 1.84. The zero-order valence-corrected chi connectivity index (χ0v) is 19.2. The van der Waals surface area contributed by atoms with Gasteiger partial charge in [-0.2, -0.15) is 0 Å². The van der Waals surface area contributed by atoms with Crippen molar-refractivity contribution in [2.24, 2.45) is 0 Å². The molecule has 9 heteroatoms. The summed E-state index contributed by atoms with van der Waals surface area (Å²) in [6, 6.07) is 5.42. The number of rotatable bonds is 4. The lowest BCUT2D eigenvalue weighted by Gasteiger charge is -2.37. The highest BCUT2D eigenvalue weighted by molar-refractivity contribution is 7.12. The Morgan fingerprint density at radius 1 is 1.28 bits per heavy atom. The fraction of sp³-hybridized carbons (Fsp3) is 0.348. The number of halogens is 1. The Morgan fingerprint density at radius 2 is 2.06 bits per heavy atom. The molecule has 2 aromatic heterocycles. The van der Waals surface area contributed by atoms with Gasteiger partial charge in [-0.05, 0) is 42.0 Å². The zero-order chi connectivity index (χ0) is 22.7. The van der Waals surface area contributed by atoms with E-state index < -0.39 is 0 Å². The summed E-state index contributed by atoms with van der Waals surface area (Å²) < 4.78 is 0. The third-order valence-electron chi connectivity index (χ3n) is 5.62. The molecule has 3 aromatic rings. The first-order valence-corrected chi connectivity index (χ1v) is 11.5. The maximum Gasteiger partial charge on any atom is 0.263 e. The predicted molar refractivity (Wildman–Crippen MR) is 126 cm³/mol. The molecule has 1 aliphatic rings. The molecular weight excluding hydrogens is 448 g/mol. The van der Waals surface area contributed by atoms with Gasteiger partial charge in [0, 0.05) is 31.7 Å². The van der Waals surface area contributed by atoms with Crippen molar-refractivity contribution in [1.29, 1.82) is 0 Å². The first-order chi connectivity index (χ1) is 15.5. The number of benzene rings is 1. The largest absolute Gasteiger partial charge is 0.392 e. The number of aliphatic hydroxyl groups is 2. The molecule has 1 saturated heterocycles. The fourth-order valence-electron chi connectivity index (χ4n) is 3.80. The molecule has 1 fully saturated rings. The lowest BCUT2D eigenvalue weighted by atomic mass is 10.0. The molecule has 0 aliphatic carbocycles. The first-order valence-electron chi connectivity index (χ1n) is 10.3. The van der Waals surface area contributed by atoms with Crippen LogP contribution in [0.25, 0.3) is 11.0 Å². The summed E-state index contributed by atoms with van der Waals surface area (Å²) >= 11 is 7.61. The number of hydrogen-bond donors (Lipinski definition) is 2. The maximum absolute atomic E-state index is 12.8. The van der Waals surface area contributed by atoms with Crippen LogP contribution in [0.15, 0.2) is 29.8 Å². The molecular formula is C23H23ClN4O3S. The number of amides is 1. The average Bonchev–Trinajstić information content (AvgIpc) is 3.31. The van der Waals surface area contributed by atoms with Crippen molar-refractivity contribution in [2.45, 2.75) is 25.5 Å². The second-order valence-electron chi connectivity index (χ2n) is 7.62. The highest BCUT2D eigenvalue weighted by atomic mass is 35.5. The van der Waals surface area contributed by atoms with E-state index in [1.165, 1.54) is 11.3 Å². The highest BCUT2D eigenvalue weighted by Crippen LogP contribution is 2.26. The molecule has 1 amide bonds. The van der Waals surface area contributed by atoms with Gasteiger partial charge in [0.1, 0.15) is 12.4 Å². The minimum atomic E-state index is -0.235. The molecule has 0 saturated carbocycles. The van der Waals surface area contributed by atoms with Crippen LogP contribution < -0.4 is 4.90 Å². The molecule has 0 bridgehead atoms. The van der Waals surface area contributed by atoms with Gasteiger partial charge >= 0.3 is 0 Å². The van der Waals surface area contributed by atoms with E-state index in [-0.39, 0.29) is 25.2 Å². The molecule has 0 spiro atoms. The number of carbonyl (C=O) groups excluding carboxylic acids is 1. The van der Waals surface area contributed by atoms with E-state index >= 15 is 0 Å². The van der Waals surface area contributed by atoms with Gasteiger partial charge < -0.3 is 20.0 Å². The van der Waals surface area contributed by atoms with Crippen LogP contribution >= 0.6 is 22.9 Å². The van der Waals surface area contributed by atoms with E-state index in [0.29, 0.717) is 26.5 Å². The first kappa shape index (κ1) is 22.5. The summed E-state index contributed by atoms with van der Waals surface area (Å²) in [6.45, 7) is 1.24. The molecule has 1 aromatic carbocycles. The number of aliphatic hydroxyl groups excluding tert-OH is 2. The minimum absolute atomic E-state index is 0.00737. The van der Waals surface area contributed by atoms with E-state index in [2.05, 4.69) is 21.7 Å². The van der Waals surface area contributed by atoms with Crippen molar-refractivity contribution < 1.29 is 15.0 Å². The van der Waals surface area contributed by atoms with Gasteiger partial charge in [0.2, 0.25) is 0 Å². The molecule has 0 atom stereocenters. The summed E-state index contributed by atoms with van der Waals surface area (Å²) in [5, 5.41) is 20.5. The van der Waals surface area contributed by atoms with E-state index in [1.807, 2.05) is 17.3 Å². The number of thiophene rings is 1. The van der Waals surface area contributed by atoms with Gasteiger partial charge in [0.15, 0.2) is 0 Å². The van der Waals surface area contributed by atoms with Crippen molar-refractivity contribution in [1.82, 2.24) is 14.9 Å². The zero-order valence-electron chi connectivity index (χ0n) is 17.6. The van der Waals surface area contributed by atoms with Crippen molar-refractivity contribution in [3.8, 4) is 11.8 Å². The topological polar surface area (TPSA) is 89.8 Å². The summed E-state index contributed by atoms with van der Waals surface area (Å²) in [5.41, 5.74) is 2.76.